The maximum Gasteiger partial charge on any atom is 0.256 e. The molecule has 2 aliphatic rings. The van der Waals surface area contributed by atoms with E-state index in [0.29, 0.717) is 19.7 Å². The van der Waals surface area contributed by atoms with Crippen molar-refractivity contribution in [2.75, 3.05) is 26.3 Å². The average molecular weight is 341 g/mol. The number of nitrogens with zero attached hydrogens (tertiary/aromatic N) is 1. The van der Waals surface area contributed by atoms with Gasteiger partial charge in [-0.25, -0.2) is 4.39 Å². The SMILES string of the molecule is Cc1ccc(C(=O)N2C[C@@H]3c4ccccc4OC[C@]3(CO)C2)c(F)c1. The smallest absolute Gasteiger partial charge is 0.256 e. The minimum Gasteiger partial charge on any atom is -0.493 e. The van der Waals surface area contributed by atoms with Gasteiger partial charge in [-0.2, -0.15) is 0 Å². The number of likely N-dealkylation sites (tertiary alicyclic amines) is 1. The third-order valence-electron chi connectivity index (χ3n) is 5.41. The molecule has 2 aliphatic heterocycles. The van der Waals surface area contributed by atoms with Crippen LogP contribution < -0.4 is 4.74 Å². The predicted octanol–water partition coefficient (Wildman–Crippen LogP) is 2.74. The second-order valence-electron chi connectivity index (χ2n) is 7.07. The lowest BCUT2D eigenvalue weighted by Gasteiger charge is -2.37. The van der Waals surface area contributed by atoms with Crippen LogP contribution in [0, 0.1) is 18.2 Å². The predicted molar refractivity (Wildman–Crippen MR) is 91.2 cm³/mol. The highest BCUT2D eigenvalue weighted by Gasteiger charge is 2.52. The van der Waals surface area contributed by atoms with Crippen molar-refractivity contribution in [3.63, 3.8) is 0 Å². The monoisotopic (exact) mass is 341 g/mol. The van der Waals surface area contributed by atoms with Gasteiger partial charge < -0.3 is 14.7 Å². The molecule has 0 unspecified atom stereocenters. The van der Waals surface area contributed by atoms with Crippen LogP contribution in [0.1, 0.15) is 27.4 Å². The molecule has 2 atom stereocenters. The number of para-hydroxylation sites is 1. The van der Waals surface area contributed by atoms with Gasteiger partial charge in [0, 0.05) is 19.0 Å². The van der Waals surface area contributed by atoms with Crippen LogP contribution in [-0.4, -0.2) is 42.2 Å². The molecule has 0 radical (unpaired) electrons. The number of aliphatic hydroxyl groups excluding tert-OH is 1. The topological polar surface area (TPSA) is 49.8 Å². The number of carbonyl (C=O) groups excluding carboxylic acids is 1. The van der Waals surface area contributed by atoms with E-state index in [1.807, 2.05) is 24.3 Å². The van der Waals surface area contributed by atoms with Crippen LogP contribution in [0.4, 0.5) is 4.39 Å². The Morgan fingerprint density at radius 2 is 2.16 bits per heavy atom. The van der Waals surface area contributed by atoms with Crippen LogP contribution >= 0.6 is 0 Å². The number of fused-ring (bicyclic) bond motifs is 3. The summed E-state index contributed by atoms with van der Waals surface area (Å²) in [7, 11) is 0. The third-order valence-corrected chi connectivity index (χ3v) is 5.41. The normalized spacial score (nSPS) is 24.4. The van der Waals surface area contributed by atoms with Gasteiger partial charge in [-0.05, 0) is 36.2 Å². The van der Waals surface area contributed by atoms with Crippen molar-refractivity contribution in [2.24, 2.45) is 5.41 Å². The van der Waals surface area contributed by atoms with Gasteiger partial charge in [0.25, 0.3) is 5.91 Å². The lowest BCUT2D eigenvalue weighted by Crippen LogP contribution is -2.42. The maximum atomic E-state index is 14.2. The molecule has 2 aromatic rings. The van der Waals surface area contributed by atoms with E-state index >= 15 is 0 Å². The zero-order valence-corrected chi connectivity index (χ0v) is 14.0. The fourth-order valence-corrected chi connectivity index (χ4v) is 3.99. The molecule has 0 aromatic heterocycles. The molecule has 0 bridgehead atoms. The number of rotatable bonds is 2. The summed E-state index contributed by atoms with van der Waals surface area (Å²) in [5.74, 6) is -0.0564. The number of ether oxygens (including phenoxy) is 1. The highest BCUT2D eigenvalue weighted by molar-refractivity contribution is 5.95. The summed E-state index contributed by atoms with van der Waals surface area (Å²) in [6.07, 6.45) is 0. The average Bonchev–Trinajstić information content (AvgIpc) is 3.02. The minimum absolute atomic E-state index is 0.0140. The number of hydrogen-bond acceptors (Lipinski definition) is 3. The Hall–Kier alpha value is -2.40. The van der Waals surface area contributed by atoms with Gasteiger partial charge in [0.2, 0.25) is 0 Å². The molecule has 5 heteroatoms. The molecule has 0 spiro atoms. The Balaban J connectivity index is 1.68. The van der Waals surface area contributed by atoms with E-state index in [2.05, 4.69) is 0 Å². The van der Waals surface area contributed by atoms with Crippen molar-refractivity contribution < 1.29 is 19.0 Å². The van der Waals surface area contributed by atoms with Crippen molar-refractivity contribution in [3.05, 3.63) is 65.0 Å². The molecular weight excluding hydrogens is 321 g/mol. The van der Waals surface area contributed by atoms with Crippen LogP contribution in [0.3, 0.4) is 0 Å². The Bertz CT molecular complexity index is 837. The molecule has 2 heterocycles. The van der Waals surface area contributed by atoms with Gasteiger partial charge in [-0.15, -0.1) is 0 Å². The molecule has 0 saturated carbocycles. The first-order valence-electron chi connectivity index (χ1n) is 8.42. The lowest BCUT2D eigenvalue weighted by molar-refractivity contribution is 0.0439. The molecule has 2 aromatic carbocycles. The quantitative estimate of drug-likeness (QED) is 0.914. The Morgan fingerprint density at radius 1 is 1.36 bits per heavy atom. The van der Waals surface area contributed by atoms with E-state index in [-0.39, 0.29) is 24.0 Å². The molecule has 4 nitrogen and oxygen atoms in total. The standard InChI is InChI=1S/C20H20FNO3/c1-13-6-7-15(17(21)8-13)19(24)22-9-16-14-4-2-3-5-18(14)25-12-20(16,10-22)11-23/h2-8,16,23H,9-12H2,1H3/t16-,20-/m1/s1. The van der Waals surface area contributed by atoms with E-state index in [0.717, 1.165) is 16.9 Å². The molecule has 1 fully saturated rings. The first-order valence-corrected chi connectivity index (χ1v) is 8.42. The molecule has 4 rings (SSSR count). The summed E-state index contributed by atoms with van der Waals surface area (Å²) in [5.41, 5.74) is 1.32. The Kier molecular flexibility index (Phi) is 3.76. The molecule has 1 saturated heterocycles. The Morgan fingerprint density at radius 3 is 2.92 bits per heavy atom. The zero-order chi connectivity index (χ0) is 17.6. The van der Waals surface area contributed by atoms with E-state index in [1.165, 1.54) is 12.1 Å². The van der Waals surface area contributed by atoms with Crippen molar-refractivity contribution >= 4 is 5.91 Å². The van der Waals surface area contributed by atoms with Gasteiger partial charge in [-0.1, -0.05) is 24.3 Å². The lowest BCUT2D eigenvalue weighted by atomic mass is 9.74. The second kappa shape index (κ2) is 5.85. The zero-order valence-electron chi connectivity index (χ0n) is 14.0. The van der Waals surface area contributed by atoms with Crippen LogP contribution in [0.15, 0.2) is 42.5 Å². The molecular formula is C20H20FNO3. The number of amides is 1. The fraction of sp³-hybridized carbons (Fsp3) is 0.350. The number of hydrogen-bond donors (Lipinski definition) is 1. The number of carbonyl (C=O) groups is 1. The summed E-state index contributed by atoms with van der Waals surface area (Å²) < 4.78 is 20.1. The molecule has 1 amide bonds. The van der Waals surface area contributed by atoms with Crippen molar-refractivity contribution in [2.45, 2.75) is 12.8 Å². The van der Waals surface area contributed by atoms with Crippen LogP contribution in [0.2, 0.25) is 0 Å². The summed E-state index contributed by atoms with van der Waals surface area (Å²) in [5, 5.41) is 10.0. The Labute approximate surface area is 145 Å². The number of aliphatic hydroxyl groups is 1. The first kappa shape index (κ1) is 16.1. The van der Waals surface area contributed by atoms with Crippen LogP contribution in [-0.2, 0) is 0 Å². The highest BCUT2D eigenvalue weighted by Crippen LogP contribution is 2.49. The van der Waals surface area contributed by atoms with Crippen LogP contribution in [0.25, 0.3) is 0 Å². The fourth-order valence-electron chi connectivity index (χ4n) is 3.99. The van der Waals surface area contributed by atoms with E-state index in [9.17, 15) is 14.3 Å². The van der Waals surface area contributed by atoms with Gasteiger partial charge in [0.05, 0.1) is 24.2 Å². The second-order valence-corrected chi connectivity index (χ2v) is 7.07. The number of halogens is 1. The molecule has 1 N–H and O–H groups in total. The summed E-state index contributed by atoms with van der Waals surface area (Å²) in [6, 6.07) is 12.4. The van der Waals surface area contributed by atoms with Gasteiger partial charge in [-0.3, -0.25) is 4.79 Å². The summed E-state index contributed by atoms with van der Waals surface area (Å²) in [6.45, 7) is 2.87. The van der Waals surface area contributed by atoms with Gasteiger partial charge >= 0.3 is 0 Å². The number of aryl methyl sites for hydroxylation is 1. The van der Waals surface area contributed by atoms with Crippen molar-refractivity contribution in [1.29, 1.82) is 0 Å². The van der Waals surface area contributed by atoms with E-state index in [1.54, 1.807) is 17.9 Å². The minimum atomic E-state index is -0.537. The van der Waals surface area contributed by atoms with Gasteiger partial charge in [0.15, 0.2) is 0 Å². The largest absolute Gasteiger partial charge is 0.493 e. The summed E-state index contributed by atoms with van der Waals surface area (Å²) >= 11 is 0. The van der Waals surface area contributed by atoms with Crippen molar-refractivity contribution in [3.8, 4) is 5.75 Å². The molecule has 25 heavy (non-hydrogen) atoms. The number of benzene rings is 2. The molecule has 0 aliphatic carbocycles. The third kappa shape index (κ3) is 2.50. The van der Waals surface area contributed by atoms with E-state index in [4.69, 9.17) is 4.74 Å². The maximum absolute atomic E-state index is 14.2. The van der Waals surface area contributed by atoms with E-state index < -0.39 is 11.2 Å². The first-order chi connectivity index (χ1) is 12.0. The van der Waals surface area contributed by atoms with Gasteiger partial charge in [0.1, 0.15) is 11.6 Å². The molecule has 130 valence electrons. The summed E-state index contributed by atoms with van der Waals surface area (Å²) in [4.78, 5) is 14.5. The van der Waals surface area contributed by atoms with Crippen molar-refractivity contribution in [1.82, 2.24) is 4.90 Å². The highest BCUT2D eigenvalue weighted by atomic mass is 19.1. The van der Waals surface area contributed by atoms with Crippen LogP contribution in [0.5, 0.6) is 5.75 Å².